The smallest absolute Gasteiger partial charge is 0.222 e. The minimum Gasteiger partial charge on any atom is -0.497 e. The number of nitrogens with zero attached hydrogens (tertiary/aromatic N) is 3. The van der Waals surface area contributed by atoms with E-state index in [4.69, 9.17) is 36.3 Å². The molecule has 2 atom stereocenters. The molecule has 2 aliphatic heterocycles. The van der Waals surface area contributed by atoms with E-state index in [0.717, 1.165) is 11.5 Å². The first-order chi connectivity index (χ1) is 13.5. The fraction of sp³-hybridized carbons (Fsp3) is 0.474. The van der Waals surface area contributed by atoms with Gasteiger partial charge in [0.15, 0.2) is 5.82 Å². The molecule has 4 rings (SSSR count). The minimum absolute atomic E-state index is 0.0912. The largest absolute Gasteiger partial charge is 0.497 e. The zero-order valence-electron chi connectivity index (χ0n) is 15.8. The lowest BCUT2D eigenvalue weighted by Crippen LogP contribution is -2.30. The maximum atomic E-state index is 6.38. The molecule has 0 radical (unpaired) electrons. The van der Waals surface area contributed by atoms with Crippen LogP contribution in [0.2, 0.25) is 5.02 Å². The molecule has 0 amide bonds. The number of aromatic nitrogens is 2. The van der Waals surface area contributed by atoms with E-state index in [-0.39, 0.29) is 24.3 Å². The molecule has 150 valence electrons. The van der Waals surface area contributed by atoms with E-state index in [9.17, 15) is 0 Å². The van der Waals surface area contributed by atoms with Gasteiger partial charge in [-0.25, -0.2) is 4.98 Å². The van der Waals surface area contributed by atoms with Crippen molar-refractivity contribution in [3.63, 3.8) is 0 Å². The third kappa shape index (κ3) is 3.94. The van der Waals surface area contributed by atoms with Gasteiger partial charge in [0.05, 0.1) is 26.0 Å². The fourth-order valence-corrected chi connectivity index (χ4v) is 3.66. The molecule has 8 nitrogen and oxygen atoms in total. The summed E-state index contributed by atoms with van der Waals surface area (Å²) < 4.78 is 23.4. The Labute approximate surface area is 168 Å². The number of nitrogens with two attached hydrogens (primary N) is 1. The first-order valence-corrected chi connectivity index (χ1v) is 9.49. The van der Waals surface area contributed by atoms with E-state index in [2.05, 4.69) is 9.97 Å². The maximum absolute atomic E-state index is 6.38. The quantitative estimate of drug-likeness (QED) is 0.825. The Morgan fingerprint density at radius 3 is 2.50 bits per heavy atom. The molecular formula is C19H23ClN4O4. The van der Waals surface area contributed by atoms with Crippen LogP contribution < -0.4 is 20.1 Å². The molecule has 2 fully saturated rings. The lowest BCUT2D eigenvalue weighted by atomic mass is 10.3. The Balaban J connectivity index is 1.40. The Kier molecular flexibility index (Phi) is 5.43. The number of fused-ring (bicyclic) bond motifs is 1. The van der Waals surface area contributed by atoms with Crippen molar-refractivity contribution in [3.05, 3.63) is 35.0 Å². The van der Waals surface area contributed by atoms with Crippen LogP contribution in [0.4, 0.5) is 11.8 Å². The van der Waals surface area contributed by atoms with Crippen molar-refractivity contribution in [2.75, 3.05) is 44.0 Å². The second-order valence-electron chi connectivity index (χ2n) is 6.87. The summed E-state index contributed by atoms with van der Waals surface area (Å²) in [7, 11) is 1.63. The summed E-state index contributed by atoms with van der Waals surface area (Å²) in [6.07, 6.45) is -0.371. The van der Waals surface area contributed by atoms with Gasteiger partial charge in [0.25, 0.3) is 0 Å². The van der Waals surface area contributed by atoms with Gasteiger partial charge in [0.2, 0.25) is 5.95 Å². The standard InChI is InChI=1S/C19H23ClN4O4/c1-11-17(20)18(23-19(21)22-11)24-7-15-16(8-24)27-10-14(9-26-15)28-13-5-3-4-12(6-13)25-2/h3-6,14-16H,7-10H2,1-2H3,(H2,21,22,23)/t15-,16-/m0/s1. The number of ether oxygens (including phenoxy) is 4. The number of halogens is 1. The summed E-state index contributed by atoms with van der Waals surface area (Å²) in [4.78, 5) is 10.4. The van der Waals surface area contributed by atoms with Gasteiger partial charge in [0, 0.05) is 19.2 Å². The molecule has 3 heterocycles. The highest BCUT2D eigenvalue weighted by Crippen LogP contribution is 2.32. The van der Waals surface area contributed by atoms with Crippen LogP contribution in [0, 0.1) is 6.92 Å². The molecule has 1 aromatic heterocycles. The van der Waals surface area contributed by atoms with Crippen molar-refractivity contribution in [3.8, 4) is 11.5 Å². The predicted molar refractivity (Wildman–Crippen MR) is 105 cm³/mol. The Morgan fingerprint density at radius 1 is 1.14 bits per heavy atom. The molecule has 0 bridgehead atoms. The molecule has 0 spiro atoms. The van der Waals surface area contributed by atoms with Gasteiger partial charge in [-0.15, -0.1) is 0 Å². The molecule has 1 aromatic carbocycles. The number of hydrogen-bond acceptors (Lipinski definition) is 8. The molecule has 9 heteroatoms. The summed E-state index contributed by atoms with van der Waals surface area (Å²) in [5.41, 5.74) is 6.44. The first-order valence-electron chi connectivity index (χ1n) is 9.12. The van der Waals surface area contributed by atoms with Gasteiger partial charge in [-0.2, -0.15) is 4.98 Å². The van der Waals surface area contributed by atoms with Gasteiger partial charge in [0.1, 0.15) is 34.8 Å². The van der Waals surface area contributed by atoms with Crippen molar-refractivity contribution < 1.29 is 18.9 Å². The van der Waals surface area contributed by atoms with Crippen LogP contribution in [0.3, 0.4) is 0 Å². The van der Waals surface area contributed by atoms with Crippen LogP contribution in [0.5, 0.6) is 11.5 Å². The van der Waals surface area contributed by atoms with Crippen LogP contribution >= 0.6 is 11.6 Å². The zero-order chi connectivity index (χ0) is 19.7. The third-order valence-corrected chi connectivity index (χ3v) is 5.31. The number of methoxy groups -OCH3 is 1. The fourth-order valence-electron chi connectivity index (χ4n) is 3.46. The number of benzene rings is 1. The van der Waals surface area contributed by atoms with Gasteiger partial charge < -0.3 is 29.6 Å². The van der Waals surface area contributed by atoms with E-state index in [1.54, 1.807) is 7.11 Å². The van der Waals surface area contributed by atoms with Gasteiger partial charge in [-0.3, -0.25) is 0 Å². The van der Waals surface area contributed by atoms with E-state index in [0.29, 0.717) is 42.8 Å². The summed E-state index contributed by atoms with van der Waals surface area (Å²) in [6, 6.07) is 7.49. The summed E-state index contributed by atoms with van der Waals surface area (Å²) in [5.74, 6) is 2.30. The lowest BCUT2D eigenvalue weighted by Gasteiger charge is -2.21. The summed E-state index contributed by atoms with van der Waals surface area (Å²) in [6.45, 7) is 3.92. The van der Waals surface area contributed by atoms with Gasteiger partial charge in [-0.1, -0.05) is 17.7 Å². The molecule has 0 unspecified atom stereocenters. The van der Waals surface area contributed by atoms with Crippen LogP contribution in [0.25, 0.3) is 0 Å². The van der Waals surface area contributed by atoms with Crippen LogP contribution in [-0.4, -0.2) is 61.7 Å². The molecule has 2 aliphatic rings. The summed E-state index contributed by atoms with van der Waals surface area (Å²) in [5, 5.41) is 0.505. The number of hydrogen-bond donors (Lipinski definition) is 1. The van der Waals surface area contributed by atoms with Crippen LogP contribution in [0.15, 0.2) is 24.3 Å². The second kappa shape index (κ2) is 7.98. The zero-order valence-corrected chi connectivity index (χ0v) is 16.6. The maximum Gasteiger partial charge on any atom is 0.222 e. The highest BCUT2D eigenvalue weighted by Gasteiger charge is 2.39. The van der Waals surface area contributed by atoms with Gasteiger partial charge >= 0.3 is 0 Å². The molecule has 28 heavy (non-hydrogen) atoms. The van der Waals surface area contributed by atoms with Crippen molar-refractivity contribution in [1.82, 2.24) is 9.97 Å². The Bertz CT molecular complexity index is 837. The Hall–Kier alpha value is -2.29. The van der Waals surface area contributed by atoms with E-state index < -0.39 is 0 Å². The Morgan fingerprint density at radius 2 is 1.82 bits per heavy atom. The van der Waals surface area contributed by atoms with Crippen LogP contribution in [0.1, 0.15) is 5.69 Å². The average molecular weight is 407 g/mol. The monoisotopic (exact) mass is 406 g/mol. The predicted octanol–water partition coefficient (Wildman–Crippen LogP) is 2.08. The first kappa shape index (κ1) is 19.0. The summed E-state index contributed by atoms with van der Waals surface area (Å²) >= 11 is 6.38. The van der Waals surface area contributed by atoms with Crippen molar-refractivity contribution in [1.29, 1.82) is 0 Å². The number of nitrogen functional groups attached to an aromatic ring is 1. The SMILES string of the molecule is COc1cccc(OC2CO[C@H]3CN(c4nc(N)nc(C)c4Cl)C[C@@H]3OC2)c1. The van der Waals surface area contributed by atoms with Gasteiger partial charge in [-0.05, 0) is 19.1 Å². The molecule has 2 N–H and O–H groups in total. The molecule has 0 saturated carbocycles. The number of aryl methyl sites for hydroxylation is 1. The second-order valence-corrected chi connectivity index (χ2v) is 7.25. The minimum atomic E-state index is -0.188. The van der Waals surface area contributed by atoms with Crippen molar-refractivity contribution in [2.24, 2.45) is 0 Å². The molecular weight excluding hydrogens is 384 g/mol. The highest BCUT2D eigenvalue weighted by atomic mass is 35.5. The van der Waals surface area contributed by atoms with E-state index in [1.165, 1.54) is 0 Å². The number of anilines is 2. The van der Waals surface area contributed by atoms with Crippen molar-refractivity contribution in [2.45, 2.75) is 25.2 Å². The average Bonchev–Trinajstić information content (AvgIpc) is 3.01. The van der Waals surface area contributed by atoms with E-state index in [1.807, 2.05) is 36.1 Å². The third-order valence-electron chi connectivity index (χ3n) is 4.87. The lowest BCUT2D eigenvalue weighted by molar-refractivity contribution is -0.00461. The highest BCUT2D eigenvalue weighted by molar-refractivity contribution is 6.33. The molecule has 0 aliphatic carbocycles. The van der Waals surface area contributed by atoms with Crippen molar-refractivity contribution >= 4 is 23.4 Å². The molecule has 2 aromatic rings. The topological polar surface area (TPSA) is 92.0 Å². The number of rotatable bonds is 4. The van der Waals surface area contributed by atoms with E-state index >= 15 is 0 Å². The molecule has 2 saturated heterocycles. The van der Waals surface area contributed by atoms with Crippen LogP contribution in [-0.2, 0) is 9.47 Å². The normalized spacial score (nSPS) is 22.6.